The second-order valence-corrected chi connectivity index (χ2v) is 7.68. The molecule has 0 bridgehead atoms. The summed E-state index contributed by atoms with van der Waals surface area (Å²) in [5, 5.41) is 8.36. The van der Waals surface area contributed by atoms with Crippen molar-refractivity contribution < 1.29 is 4.39 Å². The number of rotatable bonds is 3. The molecule has 0 saturated carbocycles. The summed E-state index contributed by atoms with van der Waals surface area (Å²) in [4.78, 5) is 32.7. The Kier molecular flexibility index (Phi) is 4.44. The molecule has 0 unspecified atom stereocenters. The van der Waals surface area contributed by atoms with E-state index in [1.165, 1.54) is 18.2 Å². The Morgan fingerprint density at radius 1 is 1.06 bits per heavy atom. The second kappa shape index (κ2) is 7.17. The third-order valence-electron chi connectivity index (χ3n) is 5.16. The monoisotopic (exact) mass is 435 g/mol. The van der Waals surface area contributed by atoms with Crippen molar-refractivity contribution in [2.45, 2.75) is 13.5 Å². The van der Waals surface area contributed by atoms with Crippen molar-refractivity contribution in [1.82, 2.24) is 24.7 Å². The Hall–Kier alpha value is -3.78. The molecule has 3 heterocycles. The molecule has 5 aromatic rings. The van der Waals surface area contributed by atoms with Crippen molar-refractivity contribution in [3.05, 3.63) is 91.6 Å². The molecule has 0 atom stereocenters. The smallest absolute Gasteiger partial charge is 0.307 e. The number of nitrogens with zero attached hydrogens (tertiary/aromatic N) is 3. The third kappa shape index (κ3) is 3.30. The molecule has 0 amide bonds. The Morgan fingerprint density at radius 3 is 2.68 bits per heavy atom. The lowest BCUT2D eigenvalue weighted by Gasteiger charge is -2.08. The topological polar surface area (TPSA) is 96.4 Å². The van der Waals surface area contributed by atoms with Gasteiger partial charge in [0.25, 0.3) is 5.56 Å². The molecule has 5 rings (SSSR count). The van der Waals surface area contributed by atoms with Gasteiger partial charge in [0.05, 0.1) is 28.0 Å². The minimum absolute atomic E-state index is 0.0378. The Morgan fingerprint density at radius 2 is 1.90 bits per heavy atom. The summed E-state index contributed by atoms with van der Waals surface area (Å²) in [6.07, 6.45) is 1.70. The van der Waals surface area contributed by atoms with E-state index >= 15 is 0 Å². The van der Waals surface area contributed by atoms with Crippen molar-refractivity contribution in [1.29, 1.82) is 0 Å². The average Bonchev–Trinajstić information content (AvgIpc) is 3.15. The van der Waals surface area contributed by atoms with Gasteiger partial charge in [0.1, 0.15) is 11.5 Å². The van der Waals surface area contributed by atoms with E-state index in [0.29, 0.717) is 27.7 Å². The number of hydrogen-bond acceptors (Lipinski definition) is 4. The van der Waals surface area contributed by atoms with E-state index in [9.17, 15) is 14.0 Å². The van der Waals surface area contributed by atoms with E-state index in [1.807, 2.05) is 19.1 Å². The van der Waals surface area contributed by atoms with Gasteiger partial charge >= 0.3 is 5.69 Å². The van der Waals surface area contributed by atoms with Gasteiger partial charge in [0, 0.05) is 22.8 Å². The largest absolute Gasteiger partial charge is 0.329 e. The van der Waals surface area contributed by atoms with Crippen LogP contribution in [0.4, 0.5) is 4.39 Å². The highest BCUT2D eigenvalue weighted by molar-refractivity contribution is 6.30. The van der Waals surface area contributed by atoms with Crippen molar-refractivity contribution >= 4 is 33.4 Å². The summed E-state index contributed by atoms with van der Waals surface area (Å²) in [5.74, 6) is -0.564. The summed E-state index contributed by atoms with van der Waals surface area (Å²) in [6.45, 7) is 1.85. The van der Waals surface area contributed by atoms with E-state index in [4.69, 9.17) is 11.6 Å². The van der Waals surface area contributed by atoms with Crippen LogP contribution >= 0.6 is 11.6 Å². The van der Waals surface area contributed by atoms with E-state index < -0.39 is 17.1 Å². The maximum atomic E-state index is 13.4. The van der Waals surface area contributed by atoms with Crippen LogP contribution in [-0.4, -0.2) is 24.7 Å². The number of benzene rings is 2. The lowest BCUT2D eigenvalue weighted by Crippen LogP contribution is -2.35. The number of pyridine rings is 1. The number of fused-ring (bicyclic) bond motifs is 2. The molecular formula is C22H15ClFN5O2. The molecule has 0 aliphatic rings. The molecule has 3 aromatic heterocycles. The van der Waals surface area contributed by atoms with Crippen molar-refractivity contribution in [2.24, 2.45) is 0 Å². The van der Waals surface area contributed by atoms with Gasteiger partial charge in [-0.3, -0.25) is 19.4 Å². The molecule has 9 heteroatoms. The van der Waals surface area contributed by atoms with Crippen molar-refractivity contribution in [3.8, 4) is 11.3 Å². The predicted molar refractivity (Wildman–Crippen MR) is 117 cm³/mol. The molecule has 0 aliphatic heterocycles. The lowest BCUT2D eigenvalue weighted by molar-refractivity contribution is 0.626. The fourth-order valence-electron chi connectivity index (χ4n) is 3.64. The summed E-state index contributed by atoms with van der Waals surface area (Å²) in [7, 11) is 0. The average molecular weight is 436 g/mol. The zero-order chi connectivity index (χ0) is 21.7. The number of halogens is 2. The highest BCUT2D eigenvalue weighted by atomic mass is 35.5. The van der Waals surface area contributed by atoms with Gasteiger partial charge in [-0.25, -0.2) is 9.18 Å². The number of nitrogens with one attached hydrogen (secondary N) is 2. The van der Waals surface area contributed by atoms with Crippen LogP contribution in [0.2, 0.25) is 5.02 Å². The van der Waals surface area contributed by atoms with Crippen molar-refractivity contribution in [2.75, 3.05) is 0 Å². The van der Waals surface area contributed by atoms with Crippen LogP contribution < -0.4 is 11.2 Å². The molecule has 2 aromatic carbocycles. The van der Waals surface area contributed by atoms with Crippen LogP contribution in [0.15, 0.2) is 58.3 Å². The third-order valence-corrected chi connectivity index (χ3v) is 5.45. The highest BCUT2D eigenvalue weighted by Crippen LogP contribution is 2.28. The van der Waals surface area contributed by atoms with Gasteiger partial charge in [0.15, 0.2) is 0 Å². The molecule has 0 aliphatic carbocycles. The van der Waals surface area contributed by atoms with Gasteiger partial charge in [-0.2, -0.15) is 5.10 Å². The van der Waals surface area contributed by atoms with Crippen LogP contribution in [0.3, 0.4) is 0 Å². The predicted octanol–water partition coefficient (Wildman–Crippen LogP) is 3.78. The highest BCUT2D eigenvalue weighted by Gasteiger charge is 2.14. The number of H-pyrrole nitrogens is 2. The van der Waals surface area contributed by atoms with Gasteiger partial charge < -0.3 is 4.98 Å². The van der Waals surface area contributed by atoms with Crippen LogP contribution in [0.25, 0.3) is 33.1 Å². The summed E-state index contributed by atoms with van der Waals surface area (Å²) in [6, 6.07) is 11.2. The van der Waals surface area contributed by atoms with E-state index in [1.54, 1.807) is 18.3 Å². The van der Waals surface area contributed by atoms with Crippen LogP contribution in [0.1, 0.15) is 11.3 Å². The fraction of sp³-hybridized carbons (Fsp3) is 0.0909. The van der Waals surface area contributed by atoms with E-state index in [-0.39, 0.29) is 11.6 Å². The fourth-order valence-corrected chi connectivity index (χ4v) is 3.85. The number of hydrogen-bond donors (Lipinski definition) is 2. The van der Waals surface area contributed by atoms with E-state index in [0.717, 1.165) is 21.2 Å². The minimum Gasteiger partial charge on any atom is -0.307 e. The standard InChI is InChI=1S/C22H15ClFN5O2/c1-11-6-13(4-5-25-11)20-14-8-15-18(9-19(14)27-28-20)26-22(31)29(21(15)30)10-12-2-3-17(24)16(23)7-12/h2-9H,10H2,1H3,(H,26,31)(H,27,28). The molecule has 7 nitrogen and oxygen atoms in total. The van der Waals surface area contributed by atoms with E-state index in [2.05, 4.69) is 20.2 Å². The number of aromatic nitrogens is 5. The Balaban J connectivity index is 1.69. The van der Waals surface area contributed by atoms with Crippen LogP contribution in [0, 0.1) is 12.7 Å². The van der Waals surface area contributed by atoms with Gasteiger partial charge in [0.2, 0.25) is 0 Å². The molecule has 0 radical (unpaired) electrons. The SMILES string of the molecule is Cc1cc(-c2n[nH]c3cc4[nH]c(=O)n(Cc5ccc(F)c(Cl)c5)c(=O)c4cc23)ccn1. The molecule has 0 fully saturated rings. The summed E-state index contributed by atoms with van der Waals surface area (Å²) < 4.78 is 14.5. The molecule has 0 saturated heterocycles. The molecule has 154 valence electrons. The quantitative estimate of drug-likeness (QED) is 0.450. The second-order valence-electron chi connectivity index (χ2n) is 7.27. The first-order valence-corrected chi connectivity index (χ1v) is 9.80. The zero-order valence-electron chi connectivity index (χ0n) is 16.2. The van der Waals surface area contributed by atoms with Crippen LogP contribution in [0.5, 0.6) is 0 Å². The maximum Gasteiger partial charge on any atom is 0.329 e. The lowest BCUT2D eigenvalue weighted by atomic mass is 10.1. The van der Waals surface area contributed by atoms with Gasteiger partial charge in [-0.15, -0.1) is 0 Å². The normalized spacial score (nSPS) is 11.5. The molecule has 31 heavy (non-hydrogen) atoms. The summed E-state index contributed by atoms with van der Waals surface area (Å²) >= 11 is 5.83. The first kappa shape index (κ1) is 19.2. The first-order valence-electron chi connectivity index (χ1n) is 9.42. The zero-order valence-corrected chi connectivity index (χ0v) is 17.0. The van der Waals surface area contributed by atoms with Crippen molar-refractivity contribution in [3.63, 3.8) is 0 Å². The summed E-state index contributed by atoms with van der Waals surface area (Å²) in [5.41, 5.74) is 3.00. The van der Waals surface area contributed by atoms with Gasteiger partial charge in [-0.05, 0) is 48.9 Å². The van der Waals surface area contributed by atoms with Crippen LogP contribution in [-0.2, 0) is 6.54 Å². The first-order chi connectivity index (χ1) is 14.9. The number of aromatic amines is 2. The van der Waals surface area contributed by atoms with Gasteiger partial charge in [-0.1, -0.05) is 17.7 Å². The molecular weight excluding hydrogens is 421 g/mol. The molecule has 0 spiro atoms. The Bertz CT molecular complexity index is 1600. The molecule has 2 N–H and O–H groups in total. The minimum atomic E-state index is -0.568. The maximum absolute atomic E-state index is 13.4. The Labute approximate surface area is 179 Å². The number of aryl methyl sites for hydroxylation is 1.